The highest BCUT2D eigenvalue weighted by atomic mass is 16.6. The molecule has 0 radical (unpaired) electrons. The maximum absolute atomic E-state index is 11.2. The first-order valence-corrected chi connectivity index (χ1v) is 7.19. The molecular formula is C16H17N3O3. The van der Waals surface area contributed by atoms with Crippen molar-refractivity contribution in [3.05, 3.63) is 53.4 Å². The van der Waals surface area contributed by atoms with Gasteiger partial charge in [0.1, 0.15) is 0 Å². The summed E-state index contributed by atoms with van der Waals surface area (Å²) in [5, 5.41) is 12.6. The number of rotatable bonds is 5. The van der Waals surface area contributed by atoms with Gasteiger partial charge in [-0.2, -0.15) is 0 Å². The van der Waals surface area contributed by atoms with Crippen LogP contribution in [0, 0.1) is 10.1 Å². The maximum atomic E-state index is 11.2. The fraction of sp³-hybridized carbons (Fsp3) is 0.312. The Kier molecular flexibility index (Phi) is 4.02. The lowest BCUT2D eigenvalue weighted by Crippen LogP contribution is -2.23. The first kappa shape index (κ1) is 14.5. The quantitative estimate of drug-likeness (QED) is 0.482. The molecule has 114 valence electrons. The minimum atomic E-state index is -0.367. The number of anilines is 1. The summed E-state index contributed by atoms with van der Waals surface area (Å²) in [4.78, 5) is 17.0. The summed E-state index contributed by atoms with van der Waals surface area (Å²) < 4.78 is 5.70. The van der Waals surface area contributed by atoms with Crippen LogP contribution in [0.1, 0.15) is 6.42 Å². The zero-order valence-corrected chi connectivity index (χ0v) is 12.1. The highest BCUT2D eigenvalue weighted by Crippen LogP contribution is 2.34. The molecule has 22 heavy (non-hydrogen) atoms. The molecule has 0 spiro atoms. The van der Waals surface area contributed by atoms with Gasteiger partial charge in [-0.15, -0.1) is 6.58 Å². The van der Waals surface area contributed by atoms with E-state index in [2.05, 4.69) is 16.5 Å². The van der Waals surface area contributed by atoms with Crippen molar-refractivity contribution in [3.63, 3.8) is 0 Å². The maximum Gasteiger partial charge on any atom is 0.278 e. The fourth-order valence-corrected chi connectivity index (χ4v) is 2.88. The van der Waals surface area contributed by atoms with E-state index in [9.17, 15) is 10.1 Å². The van der Waals surface area contributed by atoms with Gasteiger partial charge < -0.3 is 9.64 Å². The minimum Gasteiger partial charge on any atom is -0.372 e. The van der Waals surface area contributed by atoms with Crippen LogP contribution in [-0.4, -0.2) is 35.7 Å². The van der Waals surface area contributed by atoms with E-state index in [1.807, 2.05) is 12.1 Å². The summed E-state index contributed by atoms with van der Waals surface area (Å²) >= 11 is 0. The van der Waals surface area contributed by atoms with Crippen molar-refractivity contribution in [3.8, 4) is 0 Å². The molecule has 1 aliphatic heterocycles. The van der Waals surface area contributed by atoms with E-state index >= 15 is 0 Å². The Labute approximate surface area is 128 Å². The Morgan fingerprint density at radius 3 is 3.09 bits per heavy atom. The van der Waals surface area contributed by atoms with Crippen LogP contribution in [0.3, 0.4) is 0 Å². The van der Waals surface area contributed by atoms with E-state index in [0.29, 0.717) is 12.0 Å². The minimum absolute atomic E-state index is 0.0884. The molecule has 1 saturated heterocycles. The van der Waals surface area contributed by atoms with Gasteiger partial charge in [-0.3, -0.25) is 15.1 Å². The summed E-state index contributed by atoms with van der Waals surface area (Å²) in [7, 11) is 0. The lowest BCUT2D eigenvalue weighted by molar-refractivity contribution is -0.383. The normalized spacial score (nSPS) is 17.8. The molecule has 1 atom stereocenters. The molecule has 3 rings (SSSR count). The van der Waals surface area contributed by atoms with Crippen LogP contribution >= 0.6 is 0 Å². The second kappa shape index (κ2) is 6.11. The summed E-state index contributed by atoms with van der Waals surface area (Å²) in [6.45, 7) is 5.85. The topological polar surface area (TPSA) is 68.5 Å². The van der Waals surface area contributed by atoms with E-state index in [0.717, 1.165) is 30.6 Å². The highest BCUT2D eigenvalue weighted by molar-refractivity contribution is 5.99. The average Bonchev–Trinajstić information content (AvgIpc) is 3.00. The molecule has 6 nitrogen and oxygen atoms in total. The van der Waals surface area contributed by atoms with Crippen molar-refractivity contribution in [1.82, 2.24) is 4.98 Å². The Balaban J connectivity index is 1.94. The molecule has 0 saturated carbocycles. The van der Waals surface area contributed by atoms with E-state index in [-0.39, 0.29) is 16.7 Å². The molecule has 0 N–H and O–H groups in total. The van der Waals surface area contributed by atoms with Gasteiger partial charge in [-0.25, -0.2) is 0 Å². The van der Waals surface area contributed by atoms with Crippen LogP contribution in [0.15, 0.2) is 43.2 Å². The SMILES string of the molecule is C=CCOC1CCN(c2ccc([N+](=O)[O-])c3cnccc23)C1. The van der Waals surface area contributed by atoms with Gasteiger partial charge in [0, 0.05) is 42.6 Å². The van der Waals surface area contributed by atoms with E-state index in [4.69, 9.17) is 4.74 Å². The molecule has 1 aromatic carbocycles. The highest BCUT2D eigenvalue weighted by Gasteiger charge is 2.25. The third-order valence-electron chi connectivity index (χ3n) is 3.90. The van der Waals surface area contributed by atoms with Crippen LogP contribution in [0.5, 0.6) is 0 Å². The fourth-order valence-electron chi connectivity index (χ4n) is 2.88. The number of fused-ring (bicyclic) bond motifs is 1. The number of nitro benzene ring substituents is 1. The van der Waals surface area contributed by atoms with Crippen molar-refractivity contribution >= 4 is 22.1 Å². The first-order chi connectivity index (χ1) is 10.7. The second-order valence-corrected chi connectivity index (χ2v) is 5.26. The Hall–Kier alpha value is -2.47. The number of nitro groups is 1. The van der Waals surface area contributed by atoms with E-state index in [1.54, 1.807) is 24.5 Å². The summed E-state index contributed by atoms with van der Waals surface area (Å²) in [6.07, 6.45) is 6.08. The molecule has 1 aliphatic rings. The average molecular weight is 299 g/mol. The molecule has 0 amide bonds. The number of ether oxygens (including phenoxy) is 1. The largest absolute Gasteiger partial charge is 0.372 e. The van der Waals surface area contributed by atoms with E-state index in [1.165, 1.54) is 0 Å². The summed E-state index contributed by atoms with van der Waals surface area (Å²) in [5.41, 5.74) is 1.08. The van der Waals surface area contributed by atoms with Gasteiger partial charge in [-0.1, -0.05) is 6.08 Å². The molecule has 0 aliphatic carbocycles. The molecule has 0 bridgehead atoms. The van der Waals surface area contributed by atoms with E-state index < -0.39 is 0 Å². The summed E-state index contributed by atoms with van der Waals surface area (Å²) in [5.74, 6) is 0. The number of hydrogen-bond acceptors (Lipinski definition) is 5. The Morgan fingerprint density at radius 1 is 1.45 bits per heavy atom. The molecule has 1 fully saturated rings. The lowest BCUT2D eigenvalue weighted by atomic mass is 10.1. The number of non-ortho nitro benzene ring substituents is 1. The smallest absolute Gasteiger partial charge is 0.278 e. The number of benzene rings is 1. The molecule has 1 aromatic heterocycles. The van der Waals surface area contributed by atoms with Crippen molar-refractivity contribution < 1.29 is 9.66 Å². The van der Waals surface area contributed by atoms with Crippen LogP contribution < -0.4 is 4.90 Å². The third-order valence-corrected chi connectivity index (χ3v) is 3.90. The Morgan fingerprint density at radius 2 is 2.32 bits per heavy atom. The van der Waals surface area contributed by atoms with Crippen molar-refractivity contribution in [2.45, 2.75) is 12.5 Å². The number of hydrogen-bond donors (Lipinski definition) is 0. The van der Waals surface area contributed by atoms with Crippen LogP contribution in [-0.2, 0) is 4.74 Å². The van der Waals surface area contributed by atoms with Crippen LogP contribution in [0.2, 0.25) is 0 Å². The predicted octanol–water partition coefficient (Wildman–Crippen LogP) is 2.92. The molecule has 2 aromatic rings. The summed E-state index contributed by atoms with van der Waals surface area (Å²) in [6, 6.07) is 5.20. The van der Waals surface area contributed by atoms with Gasteiger partial charge in [0.25, 0.3) is 5.69 Å². The van der Waals surface area contributed by atoms with Crippen LogP contribution in [0.4, 0.5) is 11.4 Å². The van der Waals surface area contributed by atoms with Gasteiger partial charge in [0.15, 0.2) is 0 Å². The molecular weight excluding hydrogens is 282 g/mol. The first-order valence-electron chi connectivity index (χ1n) is 7.19. The molecule has 2 heterocycles. The number of nitrogens with zero attached hydrogens (tertiary/aromatic N) is 3. The van der Waals surface area contributed by atoms with Crippen molar-refractivity contribution in [2.75, 3.05) is 24.6 Å². The van der Waals surface area contributed by atoms with Gasteiger partial charge in [0.2, 0.25) is 0 Å². The zero-order chi connectivity index (χ0) is 15.5. The van der Waals surface area contributed by atoms with Crippen LogP contribution in [0.25, 0.3) is 10.8 Å². The Bertz CT molecular complexity index is 717. The number of pyridine rings is 1. The molecule has 6 heteroatoms. The second-order valence-electron chi connectivity index (χ2n) is 5.26. The van der Waals surface area contributed by atoms with Gasteiger partial charge in [0.05, 0.1) is 23.0 Å². The predicted molar refractivity (Wildman–Crippen MR) is 85.2 cm³/mol. The van der Waals surface area contributed by atoms with Gasteiger partial charge in [-0.05, 0) is 18.6 Å². The lowest BCUT2D eigenvalue weighted by Gasteiger charge is -2.20. The van der Waals surface area contributed by atoms with Crippen molar-refractivity contribution in [1.29, 1.82) is 0 Å². The standard InChI is InChI=1S/C16H17N3O3/c1-2-9-22-12-6-8-18(11-12)15-3-4-16(19(20)21)14-10-17-7-5-13(14)15/h2-5,7,10,12H,1,6,8-9,11H2. The third kappa shape index (κ3) is 2.65. The molecule has 1 unspecified atom stereocenters. The number of aromatic nitrogens is 1. The van der Waals surface area contributed by atoms with Crippen molar-refractivity contribution in [2.24, 2.45) is 0 Å². The monoisotopic (exact) mass is 299 g/mol. The van der Waals surface area contributed by atoms with Gasteiger partial charge >= 0.3 is 0 Å². The zero-order valence-electron chi connectivity index (χ0n) is 12.1.